The van der Waals surface area contributed by atoms with Gasteiger partial charge in [0.2, 0.25) is 5.91 Å². The van der Waals surface area contributed by atoms with Crippen molar-refractivity contribution in [2.24, 2.45) is 0 Å². The summed E-state index contributed by atoms with van der Waals surface area (Å²) >= 11 is 19.4. The number of carbonyl (C=O) groups excluding carboxylic acids is 1. The Balaban J connectivity index is 1.57. The lowest BCUT2D eigenvalue weighted by Crippen LogP contribution is -2.23. The fraction of sp³-hybridized carbons (Fsp3) is 0.100. The Labute approximate surface area is 195 Å². The van der Waals surface area contributed by atoms with Crippen molar-refractivity contribution in [3.05, 3.63) is 69.8 Å². The predicted octanol–water partition coefficient (Wildman–Crippen LogP) is 6.03. The van der Waals surface area contributed by atoms with Crippen LogP contribution >= 0.6 is 46.6 Å². The van der Waals surface area contributed by atoms with Gasteiger partial charge in [-0.2, -0.15) is 5.10 Å². The first-order valence-corrected chi connectivity index (χ1v) is 10.9. The van der Waals surface area contributed by atoms with E-state index in [9.17, 15) is 9.18 Å². The van der Waals surface area contributed by atoms with Gasteiger partial charge < -0.3 is 5.32 Å². The van der Waals surface area contributed by atoms with Crippen LogP contribution in [0.5, 0.6) is 0 Å². The number of anilines is 1. The molecule has 1 amide bonds. The second kappa shape index (κ2) is 9.00. The summed E-state index contributed by atoms with van der Waals surface area (Å²) in [6.45, 7) is 1.73. The monoisotopic (exact) mass is 495 g/mol. The molecule has 0 saturated carbocycles. The molecule has 11 heteroatoms. The number of rotatable bonds is 5. The first kappa shape index (κ1) is 21.8. The van der Waals surface area contributed by atoms with Crippen LogP contribution < -0.4 is 5.32 Å². The Kier molecular flexibility index (Phi) is 6.34. The molecule has 0 radical (unpaired) electrons. The number of fused-ring (bicyclic) bond motifs is 1. The van der Waals surface area contributed by atoms with E-state index >= 15 is 0 Å². The lowest BCUT2D eigenvalue weighted by molar-refractivity contribution is -0.115. The number of hydrogen-bond acceptors (Lipinski definition) is 5. The lowest BCUT2D eigenvalue weighted by atomic mass is 10.3. The van der Waals surface area contributed by atoms with Crippen LogP contribution in [0.2, 0.25) is 15.1 Å². The zero-order valence-electron chi connectivity index (χ0n) is 15.8. The van der Waals surface area contributed by atoms with Crippen LogP contribution in [-0.4, -0.2) is 30.9 Å². The quantitative estimate of drug-likeness (QED) is 0.270. The maximum absolute atomic E-state index is 13.2. The van der Waals surface area contributed by atoms with Crippen LogP contribution in [0.4, 0.5) is 10.1 Å². The minimum Gasteiger partial charge on any atom is -0.323 e. The Hall–Kier alpha value is -2.39. The molecule has 0 bridgehead atoms. The Morgan fingerprint density at radius 1 is 1.13 bits per heavy atom. The standard InChI is InChI=1S/C20H13Cl3FN5OS/c1-10(19(30)28-17-15(22)6-11(21)7-16(17)23)31-20-14-8-27-29(18(14)25-9-26-20)13-4-2-12(24)3-5-13/h2-10H,1H3,(H,28,30). The first-order chi connectivity index (χ1) is 14.8. The largest absolute Gasteiger partial charge is 0.323 e. The molecule has 1 unspecified atom stereocenters. The van der Waals surface area contributed by atoms with Crippen molar-refractivity contribution in [3.8, 4) is 5.69 Å². The van der Waals surface area contributed by atoms with Gasteiger partial charge in [0.1, 0.15) is 17.2 Å². The van der Waals surface area contributed by atoms with Gasteiger partial charge in [-0.25, -0.2) is 19.0 Å². The van der Waals surface area contributed by atoms with Crippen molar-refractivity contribution < 1.29 is 9.18 Å². The van der Waals surface area contributed by atoms with E-state index in [1.165, 1.54) is 42.4 Å². The van der Waals surface area contributed by atoms with Crippen LogP contribution in [0, 0.1) is 5.82 Å². The third-order valence-electron chi connectivity index (χ3n) is 4.31. The molecule has 0 aliphatic heterocycles. The smallest absolute Gasteiger partial charge is 0.237 e. The second-order valence-electron chi connectivity index (χ2n) is 6.44. The van der Waals surface area contributed by atoms with Crippen LogP contribution in [0.15, 0.2) is 53.9 Å². The van der Waals surface area contributed by atoms with E-state index in [0.29, 0.717) is 32.5 Å². The molecule has 0 aliphatic rings. The maximum atomic E-state index is 13.2. The van der Waals surface area contributed by atoms with E-state index in [1.54, 1.807) is 29.9 Å². The van der Waals surface area contributed by atoms with Gasteiger partial charge in [-0.15, -0.1) is 0 Å². The van der Waals surface area contributed by atoms with E-state index in [-0.39, 0.29) is 21.8 Å². The number of benzene rings is 2. The average Bonchev–Trinajstić information content (AvgIpc) is 3.16. The highest BCUT2D eigenvalue weighted by atomic mass is 35.5. The molecule has 4 rings (SSSR count). The molecule has 31 heavy (non-hydrogen) atoms. The fourth-order valence-corrected chi connectivity index (χ4v) is 4.59. The topological polar surface area (TPSA) is 72.7 Å². The minimum atomic E-state index is -0.532. The number of nitrogens with one attached hydrogen (secondary N) is 1. The van der Waals surface area contributed by atoms with E-state index in [0.717, 1.165) is 0 Å². The summed E-state index contributed by atoms with van der Waals surface area (Å²) in [7, 11) is 0. The Morgan fingerprint density at radius 2 is 1.81 bits per heavy atom. The molecule has 0 saturated heterocycles. The number of aromatic nitrogens is 4. The Bertz CT molecular complexity index is 1260. The maximum Gasteiger partial charge on any atom is 0.237 e. The van der Waals surface area contributed by atoms with Gasteiger partial charge in [0, 0.05) is 5.02 Å². The normalized spacial score (nSPS) is 12.2. The van der Waals surface area contributed by atoms with Crippen molar-refractivity contribution in [1.29, 1.82) is 0 Å². The highest BCUT2D eigenvalue weighted by molar-refractivity contribution is 8.00. The summed E-state index contributed by atoms with van der Waals surface area (Å²) in [6.07, 6.45) is 3.00. The van der Waals surface area contributed by atoms with Crippen molar-refractivity contribution >= 4 is 69.2 Å². The van der Waals surface area contributed by atoms with Gasteiger partial charge in [-0.05, 0) is 43.3 Å². The fourth-order valence-electron chi connectivity index (χ4n) is 2.80. The summed E-state index contributed by atoms with van der Waals surface area (Å²) in [5.74, 6) is -0.652. The predicted molar refractivity (Wildman–Crippen MR) is 122 cm³/mol. The molecule has 2 aromatic carbocycles. The molecule has 158 valence electrons. The first-order valence-electron chi connectivity index (χ1n) is 8.90. The van der Waals surface area contributed by atoms with Gasteiger partial charge in [-0.1, -0.05) is 46.6 Å². The number of thioether (sulfide) groups is 1. The van der Waals surface area contributed by atoms with Crippen LogP contribution in [0.3, 0.4) is 0 Å². The molecule has 1 N–H and O–H groups in total. The number of nitrogens with zero attached hydrogens (tertiary/aromatic N) is 4. The molecule has 0 aliphatic carbocycles. The molecule has 2 aromatic heterocycles. The van der Waals surface area contributed by atoms with Gasteiger partial charge in [0.25, 0.3) is 0 Å². The molecule has 2 heterocycles. The van der Waals surface area contributed by atoms with Gasteiger partial charge in [0.15, 0.2) is 5.65 Å². The SMILES string of the molecule is CC(Sc1ncnc2c1cnn2-c1ccc(F)cc1)C(=O)Nc1c(Cl)cc(Cl)cc1Cl. The van der Waals surface area contributed by atoms with E-state index in [1.807, 2.05) is 0 Å². The number of hydrogen-bond donors (Lipinski definition) is 1. The van der Waals surface area contributed by atoms with Crippen molar-refractivity contribution in [1.82, 2.24) is 19.7 Å². The molecule has 0 spiro atoms. The zero-order valence-corrected chi connectivity index (χ0v) is 18.9. The van der Waals surface area contributed by atoms with Crippen molar-refractivity contribution in [2.45, 2.75) is 17.2 Å². The van der Waals surface area contributed by atoms with Crippen LogP contribution in [0.25, 0.3) is 16.7 Å². The average molecular weight is 497 g/mol. The van der Waals surface area contributed by atoms with Crippen LogP contribution in [0.1, 0.15) is 6.92 Å². The summed E-state index contributed by atoms with van der Waals surface area (Å²) < 4.78 is 14.8. The summed E-state index contributed by atoms with van der Waals surface area (Å²) in [6, 6.07) is 8.90. The molecular weight excluding hydrogens is 484 g/mol. The van der Waals surface area contributed by atoms with Crippen molar-refractivity contribution in [3.63, 3.8) is 0 Å². The zero-order chi connectivity index (χ0) is 22.1. The molecule has 6 nitrogen and oxygen atoms in total. The molecule has 0 fully saturated rings. The minimum absolute atomic E-state index is 0.244. The van der Waals surface area contributed by atoms with Crippen molar-refractivity contribution in [2.75, 3.05) is 5.32 Å². The van der Waals surface area contributed by atoms with Gasteiger partial charge in [-0.3, -0.25) is 4.79 Å². The third kappa shape index (κ3) is 4.62. The number of carbonyl (C=O) groups is 1. The molecule has 1 atom stereocenters. The Morgan fingerprint density at radius 3 is 2.48 bits per heavy atom. The third-order valence-corrected chi connectivity index (χ3v) is 6.24. The second-order valence-corrected chi connectivity index (χ2v) is 9.02. The summed E-state index contributed by atoms with van der Waals surface area (Å²) in [5, 5.41) is 8.64. The number of halogens is 4. The van der Waals surface area contributed by atoms with Gasteiger partial charge >= 0.3 is 0 Å². The van der Waals surface area contributed by atoms with E-state index < -0.39 is 5.25 Å². The van der Waals surface area contributed by atoms with E-state index in [2.05, 4.69) is 20.4 Å². The van der Waals surface area contributed by atoms with Gasteiger partial charge in [0.05, 0.1) is 38.3 Å². The summed E-state index contributed by atoms with van der Waals surface area (Å²) in [4.78, 5) is 21.3. The molecular formula is C20H13Cl3FN5OS. The highest BCUT2D eigenvalue weighted by Crippen LogP contribution is 2.35. The highest BCUT2D eigenvalue weighted by Gasteiger charge is 2.21. The van der Waals surface area contributed by atoms with E-state index in [4.69, 9.17) is 34.8 Å². The lowest BCUT2D eigenvalue weighted by Gasteiger charge is -2.14. The molecule has 4 aromatic rings. The number of amides is 1. The van der Waals surface area contributed by atoms with Crippen LogP contribution in [-0.2, 0) is 4.79 Å². The summed E-state index contributed by atoms with van der Waals surface area (Å²) in [5.41, 5.74) is 1.49.